The summed E-state index contributed by atoms with van der Waals surface area (Å²) >= 11 is 0. The first kappa shape index (κ1) is 20.2. The number of carboxylic acids is 1. The van der Waals surface area contributed by atoms with Crippen LogP contribution in [0.4, 0.5) is 0 Å². The molecule has 0 aromatic carbocycles. The molecule has 0 aromatic rings. The lowest BCUT2D eigenvalue weighted by Gasteiger charge is -2.50. The highest BCUT2D eigenvalue weighted by Gasteiger charge is 2.45. The van der Waals surface area contributed by atoms with Crippen LogP contribution in [0.3, 0.4) is 0 Å². The van der Waals surface area contributed by atoms with Crippen molar-refractivity contribution in [1.29, 1.82) is 0 Å². The highest BCUT2D eigenvalue weighted by molar-refractivity contribution is 5.66. The molecule has 4 nitrogen and oxygen atoms in total. The van der Waals surface area contributed by atoms with Crippen molar-refractivity contribution in [3.63, 3.8) is 0 Å². The number of unbranched alkanes of at least 4 members (excludes halogenated alkanes) is 3. The van der Waals surface area contributed by atoms with Gasteiger partial charge in [0.2, 0.25) is 0 Å². The molecule has 2 saturated heterocycles. The summed E-state index contributed by atoms with van der Waals surface area (Å²) in [5, 5.41) is 18.8. The SMILES string of the molecule is CCCCC[C@H](O)/C=C/C1C[C@H]2CC(O2)[C@@H]1C/C=C\CCCC(=O)O. The van der Waals surface area contributed by atoms with Crippen molar-refractivity contribution in [3.8, 4) is 0 Å². The lowest BCUT2D eigenvalue weighted by molar-refractivity contribution is -0.198. The van der Waals surface area contributed by atoms with E-state index in [0.29, 0.717) is 30.5 Å². The summed E-state index contributed by atoms with van der Waals surface area (Å²) in [6.07, 6.45) is 18.2. The molecule has 25 heavy (non-hydrogen) atoms. The Bertz CT molecular complexity index is 451. The number of aliphatic carboxylic acids is 1. The van der Waals surface area contributed by atoms with Gasteiger partial charge in [0.15, 0.2) is 0 Å². The normalized spacial score (nSPS) is 29.8. The smallest absolute Gasteiger partial charge is 0.303 e. The lowest BCUT2D eigenvalue weighted by Crippen LogP contribution is -2.51. The van der Waals surface area contributed by atoms with E-state index in [2.05, 4.69) is 25.2 Å². The van der Waals surface area contributed by atoms with Crippen LogP contribution in [0.25, 0.3) is 0 Å². The van der Waals surface area contributed by atoms with Crippen molar-refractivity contribution >= 4 is 5.97 Å². The van der Waals surface area contributed by atoms with Crippen LogP contribution in [-0.4, -0.2) is 34.5 Å². The first-order chi connectivity index (χ1) is 12.1. The number of carboxylic acid groups (broad SMARTS) is 1. The Morgan fingerprint density at radius 3 is 2.76 bits per heavy atom. The van der Waals surface area contributed by atoms with Gasteiger partial charge in [-0.05, 0) is 43.9 Å². The van der Waals surface area contributed by atoms with Crippen LogP contribution < -0.4 is 0 Å². The maximum atomic E-state index is 10.5. The minimum atomic E-state index is -0.725. The zero-order chi connectivity index (χ0) is 18.1. The van der Waals surface area contributed by atoms with Crippen LogP contribution in [0.5, 0.6) is 0 Å². The molecule has 5 atom stereocenters. The summed E-state index contributed by atoms with van der Waals surface area (Å²) in [5.74, 6) is 0.249. The molecule has 2 bridgehead atoms. The molecule has 0 spiro atoms. The second-order valence-corrected chi connectivity index (χ2v) is 7.54. The van der Waals surface area contributed by atoms with E-state index in [4.69, 9.17) is 9.84 Å². The average Bonchev–Trinajstić information content (AvgIpc) is 2.55. The average molecular weight is 350 g/mol. The van der Waals surface area contributed by atoms with Gasteiger partial charge in [-0.15, -0.1) is 0 Å². The Labute approximate surface area is 152 Å². The van der Waals surface area contributed by atoms with Gasteiger partial charge in [-0.25, -0.2) is 0 Å². The molecule has 142 valence electrons. The Balaban J connectivity index is 1.76. The largest absolute Gasteiger partial charge is 0.481 e. The second-order valence-electron chi connectivity index (χ2n) is 7.54. The summed E-state index contributed by atoms with van der Waals surface area (Å²) in [4.78, 5) is 10.5. The van der Waals surface area contributed by atoms with E-state index in [1.165, 1.54) is 19.3 Å². The molecule has 2 heterocycles. The molecule has 1 saturated carbocycles. The monoisotopic (exact) mass is 350 g/mol. The van der Waals surface area contributed by atoms with Crippen molar-refractivity contribution in [3.05, 3.63) is 24.3 Å². The Kier molecular flexibility index (Phi) is 8.70. The van der Waals surface area contributed by atoms with E-state index in [9.17, 15) is 9.90 Å². The topological polar surface area (TPSA) is 66.8 Å². The van der Waals surface area contributed by atoms with Crippen molar-refractivity contribution in [1.82, 2.24) is 0 Å². The minimum Gasteiger partial charge on any atom is -0.481 e. The van der Waals surface area contributed by atoms with E-state index in [1.54, 1.807) is 0 Å². The molecule has 3 aliphatic rings. The zero-order valence-corrected chi connectivity index (χ0v) is 15.5. The molecule has 2 N–H and O–H groups in total. The van der Waals surface area contributed by atoms with Crippen LogP contribution in [0.15, 0.2) is 24.3 Å². The molecule has 0 aromatic heterocycles. The number of hydrogen-bond acceptors (Lipinski definition) is 3. The van der Waals surface area contributed by atoms with Gasteiger partial charge in [0.05, 0.1) is 18.3 Å². The molecule has 0 radical (unpaired) electrons. The third-order valence-electron chi connectivity index (χ3n) is 5.45. The molecular weight excluding hydrogens is 316 g/mol. The minimum absolute atomic E-state index is 0.239. The molecule has 3 rings (SSSR count). The van der Waals surface area contributed by atoms with Gasteiger partial charge in [-0.3, -0.25) is 4.79 Å². The highest BCUT2D eigenvalue weighted by atomic mass is 16.5. The zero-order valence-electron chi connectivity index (χ0n) is 15.5. The van der Waals surface area contributed by atoms with Crippen LogP contribution in [0.2, 0.25) is 0 Å². The maximum Gasteiger partial charge on any atom is 0.303 e. The molecule has 1 aliphatic carbocycles. The number of fused-ring (bicyclic) bond motifs is 2. The van der Waals surface area contributed by atoms with Gasteiger partial charge in [-0.2, -0.15) is 0 Å². The van der Waals surface area contributed by atoms with E-state index in [1.807, 2.05) is 6.08 Å². The van der Waals surface area contributed by atoms with Crippen LogP contribution in [-0.2, 0) is 9.53 Å². The molecule has 3 fully saturated rings. The summed E-state index contributed by atoms with van der Waals surface area (Å²) < 4.78 is 5.91. The Morgan fingerprint density at radius 2 is 2.04 bits per heavy atom. The summed E-state index contributed by atoms with van der Waals surface area (Å²) in [5.41, 5.74) is 0. The highest BCUT2D eigenvalue weighted by Crippen LogP contribution is 2.45. The van der Waals surface area contributed by atoms with Gasteiger partial charge >= 0.3 is 5.97 Å². The number of carbonyl (C=O) groups is 1. The fourth-order valence-electron chi connectivity index (χ4n) is 3.94. The summed E-state index contributed by atoms with van der Waals surface area (Å²) in [6.45, 7) is 2.18. The van der Waals surface area contributed by atoms with Gasteiger partial charge in [0.25, 0.3) is 0 Å². The second kappa shape index (κ2) is 10.8. The number of rotatable bonds is 12. The predicted molar refractivity (Wildman–Crippen MR) is 99.4 cm³/mol. The fourth-order valence-corrected chi connectivity index (χ4v) is 3.94. The number of hydrogen-bond donors (Lipinski definition) is 2. The van der Waals surface area contributed by atoms with Gasteiger partial charge in [-0.1, -0.05) is 50.5 Å². The first-order valence-electron chi connectivity index (χ1n) is 9.98. The van der Waals surface area contributed by atoms with Crippen LogP contribution in [0, 0.1) is 11.8 Å². The molecular formula is C21H34O4. The first-order valence-corrected chi connectivity index (χ1v) is 9.98. The van der Waals surface area contributed by atoms with Crippen LogP contribution in [0.1, 0.15) is 71.1 Å². The standard InChI is InChI=1S/C21H34O4/c1-2-3-6-9-17(22)13-12-16-14-18-15-20(25-18)19(16)10-7-4-5-8-11-21(23)24/h4,7,12-13,16-20,22H,2-3,5-6,8-11,14-15H2,1H3,(H,23,24)/b7-4-,13-12+/t16?,17-,18-,19+,20?/m0/s1. The Hall–Kier alpha value is -1.13. The van der Waals surface area contributed by atoms with Gasteiger partial charge in [0, 0.05) is 12.8 Å². The van der Waals surface area contributed by atoms with Crippen molar-refractivity contribution in [2.45, 2.75) is 89.4 Å². The van der Waals surface area contributed by atoms with Gasteiger partial charge in [0.1, 0.15) is 0 Å². The van der Waals surface area contributed by atoms with E-state index < -0.39 is 5.97 Å². The molecule has 4 heteroatoms. The van der Waals surface area contributed by atoms with E-state index >= 15 is 0 Å². The van der Waals surface area contributed by atoms with Crippen LogP contribution >= 0.6 is 0 Å². The number of ether oxygens (including phenoxy) is 1. The van der Waals surface area contributed by atoms with Gasteiger partial charge < -0.3 is 14.9 Å². The lowest BCUT2D eigenvalue weighted by atomic mass is 9.70. The number of aliphatic hydroxyl groups excluding tert-OH is 1. The summed E-state index contributed by atoms with van der Waals surface area (Å²) in [7, 11) is 0. The fraction of sp³-hybridized carbons (Fsp3) is 0.762. The predicted octanol–water partition coefficient (Wildman–Crippen LogP) is 4.48. The molecule has 2 unspecified atom stereocenters. The third kappa shape index (κ3) is 6.95. The van der Waals surface area contributed by atoms with E-state index in [0.717, 1.165) is 32.1 Å². The van der Waals surface area contributed by atoms with Crippen molar-refractivity contribution < 1.29 is 19.7 Å². The van der Waals surface area contributed by atoms with Crippen molar-refractivity contribution in [2.75, 3.05) is 0 Å². The van der Waals surface area contributed by atoms with Crippen molar-refractivity contribution in [2.24, 2.45) is 11.8 Å². The Morgan fingerprint density at radius 1 is 1.24 bits per heavy atom. The maximum absolute atomic E-state index is 10.5. The number of aliphatic hydroxyl groups is 1. The number of allylic oxidation sites excluding steroid dienone is 3. The van der Waals surface area contributed by atoms with E-state index in [-0.39, 0.29) is 12.5 Å². The molecule has 2 aliphatic heterocycles. The quantitative estimate of drug-likeness (QED) is 0.402. The summed E-state index contributed by atoms with van der Waals surface area (Å²) in [6, 6.07) is 0. The molecule has 0 amide bonds. The third-order valence-corrected chi connectivity index (χ3v) is 5.45.